The third-order valence-electron chi connectivity index (χ3n) is 6.25. The number of hydrogen-bond donors (Lipinski definition) is 0. The predicted molar refractivity (Wildman–Crippen MR) is 150 cm³/mol. The van der Waals surface area contributed by atoms with Crippen molar-refractivity contribution in [2.75, 3.05) is 25.6 Å². The summed E-state index contributed by atoms with van der Waals surface area (Å²) < 4.78 is 13.4. The average Bonchev–Trinajstić information content (AvgIpc) is 3.48. The number of benzene rings is 2. The maximum atomic E-state index is 13.8. The molecule has 0 unspecified atom stereocenters. The summed E-state index contributed by atoms with van der Waals surface area (Å²) in [5.41, 5.74) is 3.26. The molecule has 2 aromatic carbocycles. The monoisotopic (exact) mass is 547 g/mol. The number of rotatable bonds is 6. The molecule has 0 saturated carbocycles. The first kappa shape index (κ1) is 25.8. The van der Waals surface area contributed by atoms with Crippen LogP contribution in [0.15, 0.2) is 86.1 Å². The van der Waals surface area contributed by atoms with E-state index in [9.17, 15) is 9.59 Å². The van der Waals surface area contributed by atoms with Crippen molar-refractivity contribution >= 4 is 40.7 Å². The zero-order valence-corrected chi connectivity index (χ0v) is 23.0. The highest BCUT2D eigenvalue weighted by molar-refractivity contribution is 7.07. The molecule has 2 aromatic heterocycles. The molecule has 0 aliphatic carbocycles. The zero-order valence-electron chi connectivity index (χ0n) is 21.4. The van der Waals surface area contributed by atoms with Gasteiger partial charge in [0.2, 0.25) is 0 Å². The Morgan fingerprint density at radius 2 is 1.95 bits per heavy atom. The van der Waals surface area contributed by atoms with Gasteiger partial charge >= 0.3 is 5.97 Å². The summed E-state index contributed by atoms with van der Waals surface area (Å²) in [6, 6.07) is 18.1. The van der Waals surface area contributed by atoms with Crippen molar-refractivity contribution in [1.82, 2.24) is 4.57 Å². The van der Waals surface area contributed by atoms with E-state index in [1.54, 1.807) is 36.6 Å². The second-order valence-corrected chi connectivity index (χ2v) is 10.4. The van der Waals surface area contributed by atoms with E-state index in [2.05, 4.69) is 4.99 Å². The van der Waals surface area contributed by atoms with E-state index in [0.717, 1.165) is 16.8 Å². The van der Waals surface area contributed by atoms with Crippen molar-refractivity contribution < 1.29 is 13.9 Å². The summed E-state index contributed by atoms with van der Waals surface area (Å²) in [7, 11) is 3.91. The number of nitrogens with zero attached hydrogens (tertiary/aromatic N) is 3. The Kier molecular flexibility index (Phi) is 7.10. The molecular formula is C29H26ClN3O4S. The van der Waals surface area contributed by atoms with Crippen molar-refractivity contribution in [3.63, 3.8) is 0 Å². The normalized spacial score (nSPS) is 15.3. The van der Waals surface area contributed by atoms with Gasteiger partial charge in [0.25, 0.3) is 5.56 Å². The van der Waals surface area contributed by atoms with Crippen LogP contribution in [0.25, 0.3) is 17.4 Å². The van der Waals surface area contributed by atoms with E-state index >= 15 is 0 Å². The van der Waals surface area contributed by atoms with Gasteiger partial charge in [-0.3, -0.25) is 9.36 Å². The Balaban J connectivity index is 1.63. The summed E-state index contributed by atoms with van der Waals surface area (Å²) in [4.78, 5) is 33.9. The molecule has 0 saturated heterocycles. The van der Waals surface area contributed by atoms with Crippen molar-refractivity contribution in [3.8, 4) is 11.3 Å². The van der Waals surface area contributed by atoms with E-state index in [0.29, 0.717) is 37.1 Å². The first-order chi connectivity index (χ1) is 18.3. The third-order valence-corrected chi connectivity index (χ3v) is 7.47. The van der Waals surface area contributed by atoms with E-state index in [4.69, 9.17) is 20.8 Å². The summed E-state index contributed by atoms with van der Waals surface area (Å²) in [5, 5.41) is 0.611. The largest absolute Gasteiger partial charge is 0.463 e. The van der Waals surface area contributed by atoms with Crippen LogP contribution in [0.1, 0.15) is 31.2 Å². The van der Waals surface area contributed by atoms with Gasteiger partial charge in [-0.25, -0.2) is 9.79 Å². The second-order valence-electron chi connectivity index (χ2n) is 9.00. The van der Waals surface area contributed by atoms with Crippen LogP contribution >= 0.6 is 22.9 Å². The van der Waals surface area contributed by atoms with Crippen LogP contribution in [0.2, 0.25) is 5.02 Å². The third kappa shape index (κ3) is 4.85. The van der Waals surface area contributed by atoms with Gasteiger partial charge in [0.15, 0.2) is 4.80 Å². The molecule has 3 heterocycles. The maximum Gasteiger partial charge on any atom is 0.338 e. The van der Waals surface area contributed by atoms with Crippen LogP contribution < -0.4 is 19.8 Å². The molecule has 0 bridgehead atoms. The SMILES string of the molecule is CCOC(=O)C1=C(C)N=c2s/c(=C\c3ccc(-c4cccc(Cl)c4)o3)c(=O)n2[C@H]1c1ccc(N(C)C)cc1. The molecule has 4 aromatic rings. The standard InChI is InChI=1S/C29H26ClN3O4S/c1-5-36-28(35)25-17(2)31-29-33(26(25)18-9-11-21(12-10-18)32(3)4)27(34)24(38-29)16-22-13-14-23(37-22)19-7-6-8-20(30)15-19/h6-16,26H,5H2,1-4H3/b24-16-/t26-/m0/s1. The fraction of sp³-hybridized carbons (Fsp3) is 0.207. The minimum absolute atomic E-state index is 0.222. The van der Waals surface area contributed by atoms with E-state index in [1.807, 2.05) is 67.5 Å². The molecule has 5 rings (SSSR count). The number of hydrogen-bond acceptors (Lipinski definition) is 7. The molecule has 1 aliphatic rings. The van der Waals surface area contributed by atoms with E-state index in [1.165, 1.54) is 11.3 Å². The molecule has 0 N–H and O–H groups in total. The van der Waals surface area contributed by atoms with Crippen LogP contribution in [-0.4, -0.2) is 31.2 Å². The van der Waals surface area contributed by atoms with Gasteiger partial charge in [-0.2, -0.15) is 0 Å². The number of fused-ring (bicyclic) bond motifs is 1. The van der Waals surface area contributed by atoms with Gasteiger partial charge < -0.3 is 14.1 Å². The summed E-state index contributed by atoms with van der Waals surface area (Å²) >= 11 is 7.38. The van der Waals surface area contributed by atoms with Crippen molar-refractivity contribution in [1.29, 1.82) is 0 Å². The zero-order chi connectivity index (χ0) is 27.0. The Morgan fingerprint density at radius 1 is 1.18 bits per heavy atom. The smallest absolute Gasteiger partial charge is 0.338 e. The number of carbonyl (C=O) groups is 1. The van der Waals surface area contributed by atoms with Crippen LogP contribution in [0.4, 0.5) is 5.69 Å². The van der Waals surface area contributed by atoms with Crippen LogP contribution in [0.5, 0.6) is 0 Å². The van der Waals surface area contributed by atoms with E-state index < -0.39 is 12.0 Å². The molecule has 0 spiro atoms. The average molecular weight is 548 g/mol. The highest BCUT2D eigenvalue weighted by Gasteiger charge is 2.33. The Morgan fingerprint density at radius 3 is 2.63 bits per heavy atom. The molecule has 7 nitrogen and oxygen atoms in total. The van der Waals surface area contributed by atoms with Gasteiger partial charge in [0.1, 0.15) is 11.5 Å². The van der Waals surface area contributed by atoms with Crippen LogP contribution in [0, 0.1) is 0 Å². The summed E-state index contributed by atoms with van der Waals surface area (Å²) in [6.45, 7) is 3.75. The lowest BCUT2D eigenvalue weighted by Crippen LogP contribution is -2.39. The Bertz CT molecular complexity index is 1730. The molecule has 194 valence electrons. The first-order valence-corrected chi connectivity index (χ1v) is 13.3. The van der Waals surface area contributed by atoms with Gasteiger partial charge in [-0.1, -0.05) is 47.2 Å². The first-order valence-electron chi connectivity index (χ1n) is 12.1. The molecule has 9 heteroatoms. The van der Waals surface area contributed by atoms with Crippen molar-refractivity contribution in [2.45, 2.75) is 19.9 Å². The van der Waals surface area contributed by atoms with Crippen LogP contribution in [-0.2, 0) is 9.53 Å². The summed E-state index contributed by atoms with van der Waals surface area (Å²) in [5.74, 6) is 0.686. The lowest BCUT2D eigenvalue weighted by molar-refractivity contribution is -0.139. The van der Waals surface area contributed by atoms with Crippen molar-refractivity contribution in [3.05, 3.63) is 108 Å². The fourth-order valence-corrected chi connectivity index (χ4v) is 5.64. The molecular weight excluding hydrogens is 522 g/mol. The Labute approximate surface area is 228 Å². The van der Waals surface area contributed by atoms with Crippen LogP contribution in [0.3, 0.4) is 0 Å². The molecule has 1 atom stereocenters. The van der Waals surface area contributed by atoms with Crippen molar-refractivity contribution in [2.24, 2.45) is 4.99 Å². The number of furan rings is 1. The van der Waals surface area contributed by atoms with Gasteiger partial charge in [-0.05, 0) is 55.8 Å². The lowest BCUT2D eigenvalue weighted by atomic mass is 9.95. The number of halogens is 1. The highest BCUT2D eigenvalue weighted by Crippen LogP contribution is 2.32. The van der Waals surface area contributed by atoms with Gasteiger partial charge in [-0.15, -0.1) is 0 Å². The predicted octanol–water partition coefficient (Wildman–Crippen LogP) is 4.78. The number of esters is 1. The molecule has 1 aliphatic heterocycles. The quantitative estimate of drug-likeness (QED) is 0.325. The number of ether oxygens (including phenoxy) is 1. The molecule has 0 amide bonds. The maximum absolute atomic E-state index is 13.8. The molecule has 0 radical (unpaired) electrons. The van der Waals surface area contributed by atoms with Gasteiger partial charge in [0.05, 0.1) is 28.5 Å². The minimum atomic E-state index is -0.665. The van der Waals surface area contributed by atoms with Gasteiger partial charge in [0, 0.05) is 36.4 Å². The second kappa shape index (κ2) is 10.5. The van der Waals surface area contributed by atoms with E-state index in [-0.39, 0.29) is 12.2 Å². The number of anilines is 1. The number of aromatic nitrogens is 1. The molecule has 38 heavy (non-hydrogen) atoms. The number of allylic oxidation sites excluding steroid dienone is 1. The topological polar surface area (TPSA) is 77.0 Å². The minimum Gasteiger partial charge on any atom is -0.463 e. The fourth-order valence-electron chi connectivity index (χ4n) is 4.42. The molecule has 0 fully saturated rings. The summed E-state index contributed by atoms with van der Waals surface area (Å²) in [6.07, 6.45) is 1.70. The lowest BCUT2D eigenvalue weighted by Gasteiger charge is -2.25. The number of carbonyl (C=O) groups excluding carboxylic acids is 1. The highest BCUT2D eigenvalue weighted by atomic mass is 35.5. The number of thiazole rings is 1. The Hall–Kier alpha value is -3.88.